The maximum atomic E-state index is 13.5. The summed E-state index contributed by atoms with van der Waals surface area (Å²) in [5, 5.41) is 3.62. The average Bonchev–Trinajstić information content (AvgIpc) is 2.80. The average molecular weight is 286 g/mol. The molecular weight excluding hydrogens is 265 g/mol. The molecule has 0 saturated carbocycles. The van der Waals surface area contributed by atoms with Gasteiger partial charge >= 0.3 is 0 Å². The van der Waals surface area contributed by atoms with Crippen molar-refractivity contribution in [2.24, 2.45) is 0 Å². The third-order valence-corrected chi connectivity index (χ3v) is 3.93. The van der Waals surface area contributed by atoms with Crippen LogP contribution < -0.4 is 5.32 Å². The van der Waals surface area contributed by atoms with E-state index < -0.39 is 0 Å². The smallest absolute Gasteiger partial charge is 0.142 e. The number of hydrogen-bond acceptors (Lipinski definition) is 2. The van der Waals surface area contributed by atoms with Crippen LogP contribution in [0.5, 0.6) is 0 Å². The number of nitrogens with one attached hydrogen (secondary N) is 1. The number of rotatable bonds is 5. The molecule has 19 heavy (non-hydrogen) atoms. The van der Waals surface area contributed by atoms with Gasteiger partial charge in [-0.05, 0) is 50.4 Å². The highest BCUT2D eigenvalue weighted by Crippen LogP contribution is 2.24. The molecule has 1 fully saturated rings. The molecule has 106 valence electrons. The van der Waals surface area contributed by atoms with E-state index in [9.17, 15) is 4.39 Å². The van der Waals surface area contributed by atoms with Crippen LogP contribution in [0.25, 0.3) is 0 Å². The summed E-state index contributed by atoms with van der Waals surface area (Å²) in [6.45, 7) is 5.06. The van der Waals surface area contributed by atoms with E-state index in [1.807, 2.05) is 6.07 Å². The SMILES string of the molecule is CCNC(Cc1ccc(Cl)c(F)c1)C1CCC(C)O1. The highest BCUT2D eigenvalue weighted by atomic mass is 35.5. The first-order chi connectivity index (χ1) is 9.10. The lowest BCUT2D eigenvalue weighted by atomic mass is 9.99. The van der Waals surface area contributed by atoms with Gasteiger partial charge in [-0.3, -0.25) is 0 Å². The molecule has 0 bridgehead atoms. The van der Waals surface area contributed by atoms with E-state index in [2.05, 4.69) is 19.2 Å². The Balaban J connectivity index is 2.05. The predicted octanol–water partition coefficient (Wildman–Crippen LogP) is 3.57. The molecule has 1 N–H and O–H groups in total. The van der Waals surface area contributed by atoms with Gasteiger partial charge in [-0.15, -0.1) is 0 Å². The molecule has 0 radical (unpaired) electrons. The standard InChI is InChI=1S/C15H21ClFNO/c1-3-18-14(15-7-4-10(2)19-15)9-11-5-6-12(16)13(17)8-11/h5-6,8,10,14-15,18H,3-4,7,9H2,1-2H3. The lowest BCUT2D eigenvalue weighted by Gasteiger charge is -2.24. The highest BCUT2D eigenvalue weighted by molar-refractivity contribution is 6.30. The van der Waals surface area contributed by atoms with Gasteiger partial charge in [-0.1, -0.05) is 24.6 Å². The summed E-state index contributed by atoms with van der Waals surface area (Å²) < 4.78 is 19.4. The van der Waals surface area contributed by atoms with Gasteiger partial charge in [0.05, 0.1) is 17.2 Å². The molecule has 2 nitrogen and oxygen atoms in total. The Morgan fingerprint density at radius 3 is 2.84 bits per heavy atom. The van der Waals surface area contributed by atoms with Gasteiger partial charge in [0.15, 0.2) is 0 Å². The predicted molar refractivity (Wildman–Crippen MR) is 76.1 cm³/mol. The quantitative estimate of drug-likeness (QED) is 0.893. The molecule has 4 heteroatoms. The topological polar surface area (TPSA) is 21.3 Å². The van der Waals surface area contributed by atoms with E-state index in [0.29, 0.717) is 6.10 Å². The van der Waals surface area contributed by atoms with E-state index in [-0.39, 0.29) is 23.0 Å². The van der Waals surface area contributed by atoms with Crippen LogP contribution in [0.4, 0.5) is 4.39 Å². The van der Waals surface area contributed by atoms with Crippen LogP contribution in [-0.2, 0) is 11.2 Å². The summed E-state index contributed by atoms with van der Waals surface area (Å²) >= 11 is 5.71. The number of benzene rings is 1. The van der Waals surface area contributed by atoms with Gasteiger partial charge in [-0.2, -0.15) is 0 Å². The van der Waals surface area contributed by atoms with Gasteiger partial charge < -0.3 is 10.1 Å². The van der Waals surface area contributed by atoms with Crippen molar-refractivity contribution in [2.45, 2.75) is 51.4 Å². The van der Waals surface area contributed by atoms with Crippen LogP contribution >= 0.6 is 11.6 Å². The van der Waals surface area contributed by atoms with Gasteiger partial charge in [-0.25, -0.2) is 4.39 Å². The largest absolute Gasteiger partial charge is 0.374 e. The van der Waals surface area contributed by atoms with E-state index in [1.54, 1.807) is 6.07 Å². The maximum Gasteiger partial charge on any atom is 0.142 e. The van der Waals surface area contributed by atoms with Crippen LogP contribution in [0.1, 0.15) is 32.3 Å². The second-order valence-electron chi connectivity index (χ2n) is 5.18. The summed E-state index contributed by atoms with van der Waals surface area (Å²) in [4.78, 5) is 0. The van der Waals surface area contributed by atoms with Crippen LogP contribution in [0, 0.1) is 5.82 Å². The van der Waals surface area contributed by atoms with Crippen molar-refractivity contribution >= 4 is 11.6 Å². The molecule has 0 spiro atoms. The normalized spacial score (nSPS) is 24.6. The molecule has 0 amide bonds. The number of halogens is 2. The van der Waals surface area contributed by atoms with Crippen molar-refractivity contribution in [1.29, 1.82) is 0 Å². The van der Waals surface area contributed by atoms with E-state index in [0.717, 1.165) is 31.4 Å². The molecule has 3 atom stereocenters. The van der Waals surface area contributed by atoms with Gasteiger partial charge in [0.1, 0.15) is 5.82 Å². The van der Waals surface area contributed by atoms with Crippen LogP contribution in [0.15, 0.2) is 18.2 Å². The second-order valence-corrected chi connectivity index (χ2v) is 5.59. The Morgan fingerprint density at radius 2 is 2.26 bits per heavy atom. The minimum atomic E-state index is -0.352. The summed E-state index contributed by atoms with van der Waals surface area (Å²) in [6, 6.07) is 5.25. The molecule has 1 aliphatic rings. The van der Waals surface area contributed by atoms with Gasteiger partial charge in [0.25, 0.3) is 0 Å². The van der Waals surface area contributed by atoms with E-state index in [1.165, 1.54) is 6.07 Å². The zero-order valence-corrected chi connectivity index (χ0v) is 12.2. The van der Waals surface area contributed by atoms with Crippen molar-refractivity contribution in [3.05, 3.63) is 34.6 Å². The molecule has 3 unspecified atom stereocenters. The minimum Gasteiger partial charge on any atom is -0.374 e. The van der Waals surface area contributed by atoms with E-state index >= 15 is 0 Å². The first kappa shape index (κ1) is 14.8. The van der Waals surface area contributed by atoms with Crippen LogP contribution in [0.3, 0.4) is 0 Å². The fourth-order valence-corrected chi connectivity index (χ4v) is 2.76. The monoisotopic (exact) mass is 285 g/mol. The summed E-state index contributed by atoms with van der Waals surface area (Å²) in [6.07, 6.45) is 3.47. The Bertz CT molecular complexity index is 427. The summed E-state index contributed by atoms with van der Waals surface area (Å²) in [7, 11) is 0. The van der Waals surface area contributed by atoms with Gasteiger partial charge in [0.2, 0.25) is 0 Å². The number of hydrogen-bond donors (Lipinski definition) is 1. The Hall–Kier alpha value is -0.640. The molecule has 0 aliphatic carbocycles. The van der Waals surface area contributed by atoms with Gasteiger partial charge in [0, 0.05) is 6.04 Å². The number of likely N-dealkylation sites (N-methyl/N-ethyl adjacent to an activating group) is 1. The maximum absolute atomic E-state index is 13.5. The van der Waals surface area contributed by atoms with Crippen molar-refractivity contribution < 1.29 is 9.13 Å². The second kappa shape index (κ2) is 6.69. The third-order valence-electron chi connectivity index (χ3n) is 3.62. The zero-order valence-electron chi connectivity index (χ0n) is 11.5. The lowest BCUT2D eigenvalue weighted by molar-refractivity contribution is 0.0324. The Morgan fingerprint density at radius 1 is 1.47 bits per heavy atom. The molecule has 1 saturated heterocycles. The highest BCUT2D eigenvalue weighted by Gasteiger charge is 2.29. The van der Waals surface area contributed by atoms with Crippen molar-refractivity contribution in [3.8, 4) is 0 Å². The molecular formula is C15H21ClFNO. The third kappa shape index (κ3) is 3.91. The fourth-order valence-electron chi connectivity index (χ4n) is 2.65. The molecule has 1 aromatic rings. The van der Waals surface area contributed by atoms with Crippen molar-refractivity contribution in [1.82, 2.24) is 5.32 Å². The fraction of sp³-hybridized carbons (Fsp3) is 0.600. The molecule has 1 aromatic carbocycles. The summed E-state index contributed by atoms with van der Waals surface area (Å²) in [5.74, 6) is -0.352. The molecule has 2 rings (SSSR count). The Kier molecular flexibility index (Phi) is 5.20. The zero-order chi connectivity index (χ0) is 13.8. The minimum absolute atomic E-state index is 0.175. The lowest BCUT2D eigenvalue weighted by Crippen LogP contribution is -2.41. The van der Waals surface area contributed by atoms with Crippen molar-refractivity contribution in [3.63, 3.8) is 0 Å². The van der Waals surface area contributed by atoms with E-state index in [4.69, 9.17) is 16.3 Å². The molecule has 1 heterocycles. The van der Waals surface area contributed by atoms with Crippen LogP contribution in [-0.4, -0.2) is 24.8 Å². The van der Waals surface area contributed by atoms with Crippen molar-refractivity contribution in [2.75, 3.05) is 6.54 Å². The van der Waals surface area contributed by atoms with Crippen LogP contribution in [0.2, 0.25) is 5.02 Å². The number of ether oxygens (including phenoxy) is 1. The Labute approximate surface area is 119 Å². The summed E-state index contributed by atoms with van der Waals surface area (Å²) in [5.41, 5.74) is 0.955. The molecule has 0 aromatic heterocycles. The first-order valence-electron chi connectivity index (χ1n) is 6.93. The first-order valence-corrected chi connectivity index (χ1v) is 7.30. The molecule has 1 aliphatic heterocycles.